The van der Waals surface area contributed by atoms with E-state index in [1.165, 1.54) is 16.2 Å². The van der Waals surface area contributed by atoms with Crippen molar-refractivity contribution < 1.29 is 14.6 Å². The van der Waals surface area contributed by atoms with Gasteiger partial charge in [-0.15, -0.1) is 22.7 Å². The molecule has 1 N–H and O–H groups in total. The van der Waals surface area contributed by atoms with Crippen molar-refractivity contribution in [2.75, 3.05) is 0 Å². The third-order valence-corrected chi connectivity index (χ3v) is 3.84. The van der Waals surface area contributed by atoms with Gasteiger partial charge in [0.2, 0.25) is 0 Å². The first-order valence-electron chi connectivity index (χ1n) is 4.68. The largest absolute Gasteiger partial charge is 0.477 e. The molecule has 5 heteroatoms. The SMILES string of the molecule is O=C(O)c1ccc(COCc2cccs2)s1. The van der Waals surface area contributed by atoms with Gasteiger partial charge in [0.05, 0.1) is 13.2 Å². The summed E-state index contributed by atoms with van der Waals surface area (Å²) < 4.78 is 5.49. The first-order chi connectivity index (χ1) is 7.75. The van der Waals surface area contributed by atoms with Gasteiger partial charge in [0.1, 0.15) is 4.88 Å². The molecule has 0 radical (unpaired) electrons. The lowest BCUT2D eigenvalue weighted by Crippen LogP contribution is -1.90. The molecular formula is C11H10O3S2. The quantitative estimate of drug-likeness (QED) is 0.891. The van der Waals surface area contributed by atoms with Gasteiger partial charge in [0.15, 0.2) is 0 Å². The normalized spacial score (nSPS) is 10.5. The zero-order valence-corrected chi connectivity index (χ0v) is 10.0. The van der Waals surface area contributed by atoms with E-state index in [1.54, 1.807) is 23.5 Å². The summed E-state index contributed by atoms with van der Waals surface area (Å²) in [5.74, 6) is -0.880. The summed E-state index contributed by atoms with van der Waals surface area (Å²) in [4.78, 5) is 13.1. The van der Waals surface area contributed by atoms with Gasteiger partial charge in [-0.2, -0.15) is 0 Å². The molecule has 0 amide bonds. The topological polar surface area (TPSA) is 46.5 Å². The summed E-state index contributed by atoms with van der Waals surface area (Å²) >= 11 is 2.91. The van der Waals surface area contributed by atoms with Crippen LogP contribution in [0.4, 0.5) is 0 Å². The van der Waals surface area contributed by atoms with E-state index in [2.05, 4.69) is 0 Å². The van der Waals surface area contributed by atoms with Gasteiger partial charge in [0, 0.05) is 9.75 Å². The second kappa shape index (κ2) is 5.25. The minimum atomic E-state index is -0.880. The summed E-state index contributed by atoms with van der Waals surface area (Å²) in [6.45, 7) is 1.05. The molecule has 0 saturated carbocycles. The van der Waals surface area contributed by atoms with Gasteiger partial charge in [-0.05, 0) is 23.6 Å². The molecule has 3 nitrogen and oxygen atoms in total. The number of hydrogen-bond acceptors (Lipinski definition) is 4. The summed E-state index contributed by atoms with van der Waals surface area (Å²) in [7, 11) is 0. The van der Waals surface area contributed by atoms with Crippen LogP contribution >= 0.6 is 22.7 Å². The Morgan fingerprint density at radius 1 is 1.25 bits per heavy atom. The summed E-state index contributed by atoms with van der Waals surface area (Å²) in [5.41, 5.74) is 0. The Morgan fingerprint density at radius 3 is 2.69 bits per heavy atom. The zero-order valence-electron chi connectivity index (χ0n) is 8.38. The molecule has 0 aliphatic heterocycles. The molecule has 0 unspecified atom stereocenters. The molecule has 16 heavy (non-hydrogen) atoms. The van der Waals surface area contributed by atoms with Crippen LogP contribution in [0, 0.1) is 0 Å². The molecule has 0 aliphatic rings. The average Bonchev–Trinajstić information content (AvgIpc) is 2.87. The predicted octanol–water partition coefficient (Wildman–Crippen LogP) is 3.22. The van der Waals surface area contributed by atoms with Gasteiger partial charge in [0.25, 0.3) is 0 Å². The van der Waals surface area contributed by atoms with Crippen molar-refractivity contribution >= 4 is 28.6 Å². The van der Waals surface area contributed by atoms with Crippen LogP contribution in [0.3, 0.4) is 0 Å². The summed E-state index contributed by atoms with van der Waals surface area (Å²) in [6.07, 6.45) is 0. The Morgan fingerprint density at radius 2 is 2.06 bits per heavy atom. The maximum Gasteiger partial charge on any atom is 0.345 e. The van der Waals surface area contributed by atoms with E-state index in [0.717, 1.165) is 4.88 Å². The number of thiophene rings is 2. The average molecular weight is 254 g/mol. The van der Waals surface area contributed by atoms with Crippen molar-refractivity contribution in [1.82, 2.24) is 0 Å². The fourth-order valence-electron chi connectivity index (χ4n) is 1.22. The monoisotopic (exact) mass is 254 g/mol. The standard InChI is InChI=1S/C11H10O3S2/c12-11(13)10-4-3-9(16-10)7-14-6-8-2-1-5-15-8/h1-5H,6-7H2,(H,12,13). The highest BCUT2D eigenvalue weighted by Crippen LogP contribution is 2.18. The second-order valence-electron chi connectivity index (χ2n) is 3.14. The van der Waals surface area contributed by atoms with Gasteiger partial charge in [-0.3, -0.25) is 0 Å². The molecule has 84 valence electrons. The smallest absolute Gasteiger partial charge is 0.345 e. The highest BCUT2D eigenvalue weighted by Gasteiger charge is 2.06. The molecule has 2 heterocycles. The van der Waals surface area contributed by atoms with E-state index < -0.39 is 5.97 Å². The van der Waals surface area contributed by atoms with Crippen LogP contribution in [0.2, 0.25) is 0 Å². The lowest BCUT2D eigenvalue weighted by Gasteiger charge is -1.99. The molecule has 0 atom stereocenters. The number of carboxylic acid groups (broad SMARTS) is 1. The molecule has 2 aromatic heterocycles. The third-order valence-electron chi connectivity index (χ3n) is 1.94. The first kappa shape index (κ1) is 11.3. The Balaban J connectivity index is 1.83. The van der Waals surface area contributed by atoms with Gasteiger partial charge in [-0.25, -0.2) is 4.79 Å². The highest BCUT2D eigenvalue weighted by atomic mass is 32.1. The fraction of sp³-hybridized carbons (Fsp3) is 0.182. The maximum atomic E-state index is 10.6. The molecule has 0 saturated heterocycles. The van der Waals surface area contributed by atoms with Crippen LogP contribution in [0.15, 0.2) is 29.6 Å². The number of carboxylic acids is 1. The predicted molar refractivity (Wildman–Crippen MR) is 64.1 cm³/mol. The van der Waals surface area contributed by atoms with E-state index in [4.69, 9.17) is 9.84 Å². The van der Waals surface area contributed by atoms with E-state index in [0.29, 0.717) is 18.1 Å². The number of hydrogen-bond donors (Lipinski definition) is 1. The van der Waals surface area contributed by atoms with E-state index in [-0.39, 0.29) is 0 Å². The van der Waals surface area contributed by atoms with Crippen LogP contribution in [-0.4, -0.2) is 11.1 Å². The van der Waals surface area contributed by atoms with Crippen molar-refractivity contribution in [3.8, 4) is 0 Å². The molecule has 2 aromatic rings. The molecule has 2 rings (SSSR count). The van der Waals surface area contributed by atoms with E-state index >= 15 is 0 Å². The molecule has 0 spiro atoms. The van der Waals surface area contributed by atoms with Gasteiger partial charge in [-0.1, -0.05) is 6.07 Å². The van der Waals surface area contributed by atoms with Crippen molar-refractivity contribution in [2.45, 2.75) is 13.2 Å². The number of carbonyl (C=O) groups is 1. The van der Waals surface area contributed by atoms with Crippen LogP contribution in [0.25, 0.3) is 0 Å². The number of ether oxygens (including phenoxy) is 1. The molecule has 0 aromatic carbocycles. The lowest BCUT2D eigenvalue weighted by molar-refractivity contribution is 0.0702. The summed E-state index contributed by atoms with van der Waals surface area (Å²) in [5, 5.41) is 10.8. The van der Waals surface area contributed by atoms with Crippen molar-refractivity contribution in [1.29, 1.82) is 0 Å². The first-order valence-corrected chi connectivity index (χ1v) is 6.37. The number of aromatic carboxylic acids is 1. The Kier molecular flexibility index (Phi) is 3.71. The molecule has 0 bridgehead atoms. The minimum absolute atomic E-state index is 0.356. The van der Waals surface area contributed by atoms with Crippen LogP contribution < -0.4 is 0 Å². The number of rotatable bonds is 5. The van der Waals surface area contributed by atoms with Crippen LogP contribution in [0.5, 0.6) is 0 Å². The zero-order chi connectivity index (χ0) is 11.4. The van der Waals surface area contributed by atoms with Crippen molar-refractivity contribution in [3.05, 3.63) is 44.3 Å². The van der Waals surface area contributed by atoms with Crippen molar-refractivity contribution in [3.63, 3.8) is 0 Å². The second-order valence-corrected chi connectivity index (χ2v) is 5.34. The van der Waals surface area contributed by atoms with E-state index in [1.807, 2.05) is 17.5 Å². The van der Waals surface area contributed by atoms with Crippen LogP contribution in [0.1, 0.15) is 19.4 Å². The van der Waals surface area contributed by atoms with Gasteiger partial charge < -0.3 is 9.84 Å². The Hall–Kier alpha value is -1.17. The van der Waals surface area contributed by atoms with Gasteiger partial charge >= 0.3 is 5.97 Å². The Labute approximate surface area is 101 Å². The maximum absolute atomic E-state index is 10.6. The lowest BCUT2D eigenvalue weighted by atomic mass is 10.4. The highest BCUT2D eigenvalue weighted by molar-refractivity contribution is 7.13. The van der Waals surface area contributed by atoms with Crippen molar-refractivity contribution in [2.24, 2.45) is 0 Å². The molecule has 0 aliphatic carbocycles. The van der Waals surface area contributed by atoms with E-state index in [9.17, 15) is 4.79 Å². The fourth-order valence-corrected chi connectivity index (χ4v) is 2.64. The Bertz CT molecular complexity index is 459. The third kappa shape index (κ3) is 2.91. The van der Waals surface area contributed by atoms with Crippen LogP contribution in [-0.2, 0) is 18.0 Å². The summed E-state index contributed by atoms with van der Waals surface area (Å²) in [6, 6.07) is 7.40. The molecular weight excluding hydrogens is 244 g/mol. The molecule has 0 fully saturated rings. The minimum Gasteiger partial charge on any atom is -0.477 e.